The second-order valence-corrected chi connectivity index (χ2v) is 7.42. The molecule has 0 saturated heterocycles. The number of hydrogen-bond donors (Lipinski definition) is 3. The first-order valence-electron chi connectivity index (χ1n) is 9.38. The minimum absolute atomic E-state index is 0.144. The fourth-order valence-corrected chi connectivity index (χ4v) is 3.54. The van der Waals surface area contributed by atoms with E-state index in [0.29, 0.717) is 6.54 Å². The average Bonchev–Trinajstić information content (AvgIpc) is 2.75. The molecule has 148 valence electrons. The largest absolute Gasteiger partial charge is 0.338 e. The van der Waals surface area contributed by atoms with Crippen LogP contribution in [-0.2, 0) is 11.3 Å². The molecule has 0 aromatic heterocycles. The molecule has 29 heavy (non-hydrogen) atoms. The lowest BCUT2D eigenvalue weighted by Crippen LogP contribution is -2.36. The number of rotatable bonds is 8. The third-order valence-electron chi connectivity index (χ3n) is 4.07. The van der Waals surface area contributed by atoms with E-state index in [1.54, 1.807) is 11.8 Å². The van der Waals surface area contributed by atoms with Crippen molar-refractivity contribution in [2.24, 2.45) is 0 Å². The summed E-state index contributed by atoms with van der Waals surface area (Å²) in [7, 11) is 0. The van der Waals surface area contributed by atoms with Gasteiger partial charge in [0, 0.05) is 29.3 Å². The van der Waals surface area contributed by atoms with Crippen LogP contribution in [0.1, 0.15) is 12.0 Å². The molecule has 3 amide bonds. The van der Waals surface area contributed by atoms with Crippen LogP contribution in [0.15, 0.2) is 94.7 Å². The zero-order valence-corrected chi connectivity index (χ0v) is 16.7. The third-order valence-corrected chi connectivity index (χ3v) is 5.15. The predicted molar refractivity (Wildman–Crippen MR) is 117 cm³/mol. The Bertz CT molecular complexity index is 933. The zero-order chi connectivity index (χ0) is 20.3. The highest BCUT2D eigenvalue weighted by Gasteiger charge is 2.09. The summed E-state index contributed by atoms with van der Waals surface area (Å²) in [6, 6.07) is 27.1. The Kier molecular flexibility index (Phi) is 7.72. The highest BCUT2D eigenvalue weighted by atomic mass is 32.2. The molecule has 3 rings (SSSR count). The van der Waals surface area contributed by atoms with Gasteiger partial charge in [0.2, 0.25) is 5.91 Å². The first-order chi connectivity index (χ1) is 14.2. The Labute approximate surface area is 174 Å². The molecular weight excluding hydrogens is 382 g/mol. The third kappa shape index (κ3) is 7.01. The Morgan fingerprint density at radius 1 is 0.759 bits per heavy atom. The lowest BCUT2D eigenvalue weighted by atomic mass is 10.2. The van der Waals surface area contributed by atoms with E-state index in [4.69, 9.17) is 0 Å². The van der Waals surface area contributed by atoms with Gasteiger partial charge in [-0.1, -0.05) is 72.4 Å². The molecule has 0 radical (unpaired) electrons. The number of anilines is 1. The van der Waals surface area contributed by atoms with Crippen molar-refractivity contribution in [2.75, 3.05) is 11.9 Å². The van der Waals surface area contributed by atoms with Crippen LogP contribution in [0, 0.1) is 0 Å². The van der Waals surface area contributed by atoms with Crippen molar-refractivity contribution in [3.8, 4) is 0 Å². The van der Waals surface area contributed by atoms with Gasteiger partial charge in [-0.05, 0) is 29.8 Å². The van der Waals surface area contributed by atoms with Gasteiger partial charge in [0.05, 0.1) is 5.69 Å². The number of carbonyl (C=O) groups is 2. The van der Waals surface area contributed by atoms with Gasteiger partial charge in [-0.3, -0.25) is 4.79 Å². The van der Waals surface area contributed by atoms with Gasteiger partial charge in [0.25, 0.3) is 0 Å². The smallest absolute Gasteiger partial charge is 0.315 e. The minimum Gasteiger partial charge on any atom is -0.338 e. The van der Waals surface area contributed by atoms with Crippen molar-refractivity contribution in [3.05, 3.63) is 90.5 Å². The van der Waals surface area contributed by atoms with Crippen molar-refractivity contribution in [1.29, 1.82) is 0 Å². The van der Waals surface area contributed by atoms with Crippen LogP contribution >= 0.6 is 11.8 Å². The monoisotopic (exact) mass is 405 g/mol. The van der Waals surface area contributed by atoms with Crippen LogP contribution in [-0.4, -0.2) is 18.5 Å². The second-order valence-electron chi connectivity index (χ2n) is 6.30. The molecule has 0 fully saturated rings. The van der Waals surface area contributed by atoms with Crippen molar-refractivity contribution < 1.29 is 9.59 Å². The Hall–Kier alpha value is -3.25. The van der Waals surface area contributed by atoms with E-state index in [0.717, 1.165) is 21.0 Å². The number of para-hydroxylation sites is 1. The molecule has 0 aliphatic carbocycles. The quantitative estimate of drug-likeness (QED) is 0.510. The number of carbonyl (C=O) groups excluding carboxylic acids is 2. The van der Waals surface area contributed by atoms with Crippen LogP contribution in [0.3, 0.4) is 0 Å². The molecule has 0 bridgehead atoms. The standard InChI is InChI=1S/C23H23N3O2S/c27-22(15-16-24-23(28)25-17-18-9-3-1-4-10-18)26-20-13-7-8-14-21(20)29-19-11-5-2-6-12-19/h1-14H,15-17H2,(H,26,27)(H2,24,25,28). The lowest BCUT2D eigenvalue weighted by molar-refractivity contribution is -0.116. The maximum atomic E-state index is 12.3. The van der Waals surface area contributed by atoms with E-state index < -0.39 is 0 Å². The first-order valence-corrected chi connectivity index (χ1v) is 10.2. The topological polar surface area (TPSA) is 70.2 Å². The first kappa shape index (κ1) is 20.5. The normalized spacial score (nSPS) is 10.2. The molecule has 3 aromatic rings. The fraction of sp³-hybridized carbons (Fsp3) is 0.130. The number of benzene rings is 3. The minimum atomic E-state index is -0.290. The maximum Gasteiger partial charge on any atom is 0.315 e. The van der Waals surface area contributed by atoms with Gasteiger partial charge < -0.3 is 16.0 Å². The van der Waals surface area contributed by atoms with E-state index in [9.17, 15) is 9.59 Å². The molecule has 3 N–H and O–H groups in total. The lowest BCUT2D eigenvalue weighted by Gasteiger charge is -2.11. The van der Waals surface area contributed by atoms with Gasteiger partial charge in [-0.15, -0.1) is 0 Å². The molecule has 0 unspecified atom stereocenters. The van der Waals surface area contributed by atoms with Crippen molar-refractivity contribution in [3.63, 3.8) is 0 Å². The predicted octanol–water partition coefficient (Wildman–Crippen LogP) is 4.67. The van der Waals surface area contributed by atoms with Crippen LogP contribution in [0.2, 0.25) is 0 Å². The number of hydrogen-bond acceptors (Lipinski definition) is 3. The maximum absolute atomic E-state index is 12.3. The molecule has 0 atom stereocenters. The highest BCUT2D eigenvalue weighted by molar-refractivity contribution is 7.99. The van der Waals surface area contributed by atoms with E-state index in [1.165, 1.54) is 0 Å². The Balaban J connectivity index is 1.43. The van der Waals surface area contributed by atoms with Crippen LogP contribution in [0.4, 0.5) is 10.5 Å². The fourth-order valence-electron chi connectivity index (χ4n) is 2.62. The van der Waals surface area contributed by atoms with Crippen molar-refractivity contribution in [1.82, 2.24) is 10.6 Å². The summed E-state index contributed by atoms with van der Waals surface area (Å²) in [6.07, 6.45) is 0.198. The number of nitrogens with one attached hydrogen (secondary N) is 3. The van der Waals surface area contributed by atoms with Gasteiger partial charge in [0.1, 0.15) is 0 Å². The average molecular weight is 406 g/mol. The van der Waals surface area contributed by atoms with Gasteiger partial charge in [-0.2, -0.15) is 0 Å². The van der Waals surface area contributed by atoms with E-state index in [2.05, 4.69) is 16.0 Å². The van der Waals surface area contributed by atoms with Crippen molar-refractivity contribution >= 4 is 29.4 Å². The zero-order valence-electron chi connectivity index (χ0n) is 15.9. The summed E-state index contributed by atoms with van der Waals surface area (Å²) in [4.78, 5) is 26.2. The van der Waals surface area contributed by atoms with E-state index in [1.807, 2.05) is 84.9 Å². The SMILES string of the molecule is O=C(CCNC(=O)NCc1ccccc1)Nc1ccccc1Sc1ccccc1. The van der Waals surface area contributed by atoms with Crippen LogP contribution in [0.25, 0.3) is 0 Å². The van der Waals surface area contributed by atoms with Crippen LogP contribution in [0.5, 0.6) is 0 Å². The summed E-state index contributed by atoms with van der Waals surface area (Å²) >= 11 is 1.59. The number of amides is 3. The van der Waals surface area contributed by atoms with Crippen LogP contribution < -0.4 is 16.0 Å². The Morgan fingerprint density at radius 2 is 1.41 bits per heavy atom. The molecule has 6 heteroatoms. The summed E-state index contributed by atoms with van der Waals surface area (Å²) in [5, 5.41) is 8.41. The second kappa shape index (κ2) is 10.9. The Morgan fingerprint density at radius 3 is 2.17 bits per heavy atom. The molecular formula is C23H23N3O2S. The number of urea groups is 1. The molecule has 0 aliphatic heterocycles. The van der Waals surface area contributed by atoms with Crippen molar-refractivity contribution in [2.45, 2.75) is 22.8 Å². The molecule has 0 spiro atoms. The summed E-state index contributed by atoms with van der Waals surface area (Å²) in [5.41, 5.74) is 1.78. The summed E-state index contributed by atoms with van der Waals surface area (Å²) in [5.74, 6) is -0.144. The van der Waals surface area contributed by atoms with Gasteiger partial charge in [-0.25, -0.2) is 4.79 Å². The molecule has 0 aliphatic rings. The summed E-state index contributed by atoms with van der Waals surface area (Å²) in [6.45, 7) is 0.712. The summed E-state index contributed by atoms with van der Waals surface area (Å²) < 4.78 is 0. The molecule has 0 saturated carbocycles. The van der Waals surface area contributed by atoms with Gasteiger partial charge in [0.15, 0.2) is 0 Å². The van der Waals surface area contributed by atoms with E-state index in [-0.39, 0.29) is 24.9 Å². The molecule has 0 heterocycles. The molecule has 3 aromatic carbocycles. The van der Waals surface area contributed by atoms with Gasteiger partial charge >= 0.3 is 6.03 Å². The van der Waals surface area contributed by atoms with E-state index >= 15 is 0 Å². The molecule has 5 nitrogen and oxygen atoms in total. The highest BCUT2D eigenvalue weighted by Crippen LogP contribution is 2.33.